The molecule has 0 aliphatic rings. The van der Waals surface area contributed by atoms with Crippen LogP contribution in [0.5, 0.6) is 5.75 Å². The lowest BCUT2D eigenvalue weighted by Crippen LogP contribution is -2.29. The lowest BCUT2D eigenvalue weighted by Gasteiger charge is -2.16. The molecule has 0 atom stereocenters. The van der Waals surface area contributed by atoms with Gasteiger partial charge in [0, 0.05) is 5.39 Å². The quantitative estimate of drug-likeness (QED) is 0.619. The third-order valence-corrected chi connectivity index (χ3v) is 4.52. The van der Waals surface area contributed by atoms with Gasteiger partial charge in [0.1, 0.15) is 5.75 Å². The van der Waals surface area contributed by atoms with Crippen LogP contribution in [0.1, 0.15) is 0 Å². The van der Waals surface area contributed by atoms with Crippen molar-refractivity contribution in [2.24, 2.45) is 0 Å². The predicted molar refractivity (Wildman–Crippen MR) is 96.2 cm³/mol. The zero-order valence-corrected chi connectivity index (χ0v) is 15.0. The summed E-state index contributed by atoms with van der Waals surface area (Å²) in [5.74, 6) is 0.663. The van der Waals surface area contributed by atoms with Crippen LogP contribution in [-0.2, 0) is 6.54 Å². The van der Waals surface area contributed by atoms with Gasteiger partial charge in [-0.05, 0) is 29.6 Å². The Kier molecular flexibility index (Phi) is 4.56. The van der Waals surface area contributed by atoms with E-state index in [-0.39, 0.29) is 6.54 Å². The first kappa shape index (κ1) is 16.6. The van der Waals surface area contributed by atoms with Crippen molar-refractivity contribution in [1.82, 2.24) is 9.55 Å². The molecule has 0 amide bonds. The molecule has 2 aromatic heterocycles. The number of ether oxygens (including phenoxy) is 1. The molecule has 0 aliphatic carbocycles. The maximum Gasteiger partial charge on any atom is 0.348 e. The molecule has 0 spiro atoms. The van der Waals surface area contributed by atoms with Crippen LogP contribution in [0, 0.1) is 0 Å². The average molecular weight is 390 g/mol. The molecule has 3 aromatic rings. The van der Waals surface area contributed by atoms with Crippen LogP contribution in [0.15, 0.2) is 40.5 Å². The van der Waals surface area contributed by atoms with Crippen molar-refractivity contribution >= 4 is 57.0 Å². The second-order valence-corrected chi connectivity index (χ2v) is 8.27. The second kappa shape index (κ2) is 6.32. The van der Waals surface area contributed by atoms with E-state index < -0.39 is 9.48 Å². The maximum atomic E-state index is 12.4. The van der Waals surface area contributed by atoms with E-state index in [0.29, 0.717) is 17.0 Å². The molecule has 3 rings (SSSR count). The predicted octanol–water partition coefficient (Wildman–Crippen LogP) is 4.50. The maximum absolute atomic E-state index is 12.4. The van der Waals surface area contributed by atoms with Crippen molar-refractivity contribution in [2.75, 3.05) is 7.11 Å². The highest BCUT2D eigenvalue weighted by atomic mass is 35.6. The van der Waals surface area contributed by atoms with E-state index in [1.807, 2.05) is 23.6 Å². The number of nitrogens with zero attached hydrogens (tertiary/aromatic N) is 2. The van der Waals surface area contributed by atoms with Gasteiger partial charge in [-0.15, -0.1) is 11.3 Å². The van der Waals surface area contributed by atoms with Crippen molar-refractivity contribution in [3.8, 4) is 16.3 Å². The number of rotatable bonds is 3. The van der Waals surface area contributed by atoms with Gasteiger partial charge in [-0.25, -0.2) is 4.79 Å². The van der Waals surface area contributed by atoms with E-state index in [1.165, 1.54) is 15.9 Å². The molecule has 8 heteroatoms. The molecule has 0 saturated heterocycles. The minimum absolute atomic E-state index is 0.0863. The highest BCUT2D eigenvalue weighted by Crippen LogP contribution is 2.33. The summed E-state index contributed by atoms with van der Waals surface area (Å²) in [4.78, 5) is 17.5. The number of alkyl halides is 3. The summed E-state index contributed by atoms with van der Waals surface area (Å²) >= 11 is 19.1. The Morgan fingerprint density at radius 1 is 1.30 bits per heavy atom. The lowest BCUT2D eigenvalue weighted by molar-refractivity contribution is 0.415. The van der Waals surface area contributed by atoms with Crippen LogP contribution in [0.3, 0.4) is 0 Å². The van der Waals surface area contributed by atoms with Crippen LogP contribution in [0.25, 0.3) is 21.5 Å². The zero-order chi connectivity index (χ0) is 16.6. The Bertz CT molecular complexity index is 901. The first-order chi connectivity index (χ1) is 10.9. The number of hydrogen-bond donors (Lipinski definition) is 0. The van der Waals surface area contributed by atoms with Gasteiger partial charge in [0.15, 0.2) is 0 Å². The third kappa shape index (κ3) is 3.48. The van der Waals surface area contributed by atoms with Crippen molar-refractivity contribution < 1.29 is 4.74 Å². The van der Waals surface area contributed by atoms with Crippen molar-refractivity contribution in [2.45, 2.75) is 10.3 Å². The lowest BCUT2D eigenvalue weighted by atomic mass is 10.1. The number of thiophene rings is 1. The van der Waals surface area contributed by atoms with Crippen molar-refractivity contribution in [3.05, 3.63) is 46.2 Å². The molecule has 4 nitrogen and oxygen atoms in total. The largest absolute Gasteiger partial charge is 0.497 e. The summed E-state index contributed by atoms with van der Waals surface area (Å²) < 4.78 is 5.04. The number of halogens is 3. The van der Waals surface area contributed by atoms with Gasteiger partial charge in [-0.2, -0.15) is 4.98 Å². The molecule has 0 fully saturated rings. The minimum Gasteiger partial charge on any atom is -0.497 e. The van der Waals surface area contributed by atoms with Crippen LogP contribution < -0.4 is 10.4 Å². The summed E-state index contributed by atoms with van der Waals surface area (Å²) in [5, 5.41) is 2.69. The molecular weight excluding hydrogens is 379 g/mol. The number of hydrogen-bond acceptors (Lipinski definition) is 4. The van der Waals surface area contributed by atoms with Gasteiger partial charge in [0.05, 0.1) is 29.7 Å². The highest BCUT2D eigenvalue weighted by Gasteiger charge is 2.24. The Balaban J connectivity index is 2.34. The van der Waals surface area contributed by atoms with Gasteiger partial charge in [0.2, 0.25) is 3.79 Å². The topological polar surface area (TPSA) is 44.1 Å². The smallest absolute Gasteiger partial charge is 0.348 e. The van der Waals surface area contributed by atoms with Gasteiger partial charge in [-0.3, -0.25) is 4.57 Å². The molecule has 0 N–H and O–H groups in total. The molecule has 23 heavy (non-hydrogen) atoms. The Morgan fingerprint density at radius 3 is 2.70 bits per heavy atom. The van der Waals surface area contributed by atoms with Crippen LogP contribution in [0.4, 0.5) is 0 Å². The fourth-order valence-corrected chi connectivity index (χ4v) is 3.41. The van der Waals surface area contributed by atoms with E-state index in [4.69, 9.17) is 39.5 Å². The monoisotopic (exact) mass is 388 g/mol. The Hall–Kier alpha value is -1.27. The fraction of sp³-hybridized carbons (Fsp3) is 0.200. The summed E-state index contributed by atoms with van der Waals surface area (Å²) in [6.45, 7) is -0.0863. The average Bonchev–Trinajstić information content (AvgIpc) is 3.02. The van der Waals surface area contributed by atoms with E-state index >= 15 is 0 Å². The normalized spacial score (nSPS) is 11.8. The van der Waals surface area contributed by atoms with Gasteiger partial charge >= 0.3 is 5.69 Å². The first-order valence-electron chi connectivity index (χ1n) is 6.58. The van der Waals surface area contributed by atoms with Crippen LogP contribution in [-0.4, -0.2) is 20.5 Å². The molecule has 0 bridgehead atoms. The summed E-state index contributed by atoms with van der Waals surface area (Å²) in [6.07, 6.45) is 0. The summed E-state index contributed by atoms with van der Waals surface area (Å²) in [7, 11) is 1.58. The Morgan fingerprint density at radius 2 is 2.09 bits per heavy atom. The van der Waals surface area contributed by atoms with Gasteiger partial charge in [0.25, 0.3) is 0 Å². The number of benzene rings is 1. The summed E-state index contributed by atoms with van der Waals surface area (Å²) in [5.41, 5.74) is 0.775. The summed E-state index contributed by atoms with van der Waals surface area (Å²) in [6, 6.07) is 9.16. The van der Waals surface area contributed by atoms with E-state index in [2.05, 4.69) is 4.98 Å². The van der Waals surface area contributed by atoms with Gasteiger partial charge in [-0.1, -0.05) is 40.9 Å². The standard InChI is InChI=1S/C15H11Cl3N2O2S/c1-22-9-4-5-11-10(7-9)13(12-3-2-6-23-12)19-14(21)20(11)8-15(16,17)18/h2-7H,8H2,1H3. The fourth-order valence-electron chi connectivity index (χ4n) is 2.32. The molecule has 2 heterocycles. The van der Waals surface area contributed by atoms with Crippen LogP contribution >= 0.6 is 46.1 Å². The molecule has 0 aliphatic heterocycles. The Labute approximate surface area is 151 Å². The number of aromatic nitrogens is 2. The van der Waals surface area contributed by atoms with Gasteiger partial charge < -0.3 is 4.74 Å². The molecular formula is C15H11Cl3N2O2S. The SMILES string of the molecule is COc1ccc2c(c1)c(-c1cccs1)nc(=O)n2CC(Cl)(Cl)Cl. The second-order valence-electron chi connectivity index (χ2n) is 4.80. The highest BCUT2D eigenvalue weighted by molar-refractivity contribution is 7.13. The first-order valence-corrected chi connectivity index (χ1v) is 8.59. The molecule has 0 radical (unpaired) electrons. The van der Waals surface area contributed by atoms with Crippen molar-refractivity contribution in [1.29, 1.82) is 0 Å². The third-order valence-electron chi connectivity index (χ3n) is 3.28. The zero-order valence-electron chi connectivity index (χ0n) is 11.9. The molecule has 0 saturated carbocycles. The van der Waals surface area contributed by atoms with Crippen LogP contribution in [0.2, 0.25) is 0 Å². The van der Waals surface area contributed by atoms with E-state index in [9.17, 15) is 4.79 Å². The minimum atomic E-state index is -1.59. The molecule has 120 valence electrons. The van der Waals surface area contributed by atoms with E-state index in [1.54, 1.807) is 19.2 Å². The number of fused-ring (bicyclic) bond motifs is 1. The van der Waals surface area contributed by atoms with Crippen molar-refractivity contribution in [3.63, 3.8) is 0 Å². The molecule has 0 unspecified atom stereocenters. The number of methoxy groups -OCH3 is 1. The van der Waals surface area contributed by atoms with E-state index in [0.717, 1.165) is 10.3 Å². The molecule has 1 aromatic carbocycles.